The minimum Gasteiger partial charge on any atom is -0.323 e. The number of likely N-dealkylation sites (N-methyl/N-ethyl adjacent to an activating group) is 1. The van der Waals surface area contributed by atoms with Crippen LogP contribution in [-0.2, 0) is 0 Å². The van der Waals surface area contributed by atoms with Gasteiger partial charge in [-0.05, 0) is 38.1 Å². The van der Waals surface area contributed by atoms with E-state index in [2.05, 4.69) is 30.7 Å². The number of benzene rings is 1. The minimum absolute atomic E-state index is 0.0727. The lowest BCUT2D eigenvalue weighted by Gasteiger charge is -2.43. The van der Waals surface area contributed by atoms with Crippen LogP contribution in [0.3, 0.4) is 0 Å². The fraction of sp³-hybridized carbons (Fsp3) is 0.625. The first-order valence-corrected chi connectivity index (χ1v) is 7.48. The van der Waals surface area contributed by atoms with Crippen molar-refractivity contribution in [1.29, 1.82) is 0 Å². The van der Waals surface area contributed by atoms with Gasteiger partial charge in [0.05, 0.1) is 0 Å². The maximum absolute atomic E-state index is 13.0. The van der Waals surface area contributed by atoms with Crippen molar-refractivity contribution in [2.24, 2.45) is 5.73 Å². The van der Waals surface area contributed by atoms with Crippen molar-refractivity contribution >= 4 is 0 Å². The van der Waals surface area contributed by atoms with Crippen LogP contribution in [0.5, 0.6) is 0 Å². The highest BCUT2D eigenvalue weighted by molar-refractivity contribution is 5.21. The van der Waals surface area contributed by atoms with E-state index in [1.165, 1.54) is 12.1 Å². The number of hydrogen-bond donors (Lipinski definition) is 1. The summed E-state index contributed by atoms with van der Waals surface area (Å²) in [7, 11) is 2.19. The lowest BCUT2D eigenvalue weighted by Crippen LogP contribution is -2.55. The molecule has 1 saturated heterocycles. The normalized spacial score (nSPS) is 24.6. The zero-order valence-corrected chi connectivity index (χ0v) is 12.7. The van der Waals surface area contributed by atoms with Crippen molar-refractivity contribution in [2.45, 2.75) is 38.4 Å². The van der Waals surface area contributed by atoms with E-state index in [0.717, 1.165) is 31.6 Å². The monoisotopic (exact) mass is 279 g/mol. The van der Waals surface area contributed by atoms with Crippen molar-refractivity contribution in [3.8, 4) is 0 Å². The second kappa shape index (κ2) is 6.66. The Bertz CT molecular complexity index is 420. The van der Waals surface area contributed by atoms with Crippen molar-refractivity contribution in [3.05, 3.63) is 35.6 Å². The summed E-state index contributed by atoms with van der Waals surface area (Å²) in [5.41, 5.74) is 7.37. The highest BCUT2D eigenvalue weighted by Gasteiger charge is 2.29. The first-order chi connectivity index (χ1) is 9.52. The molecular formula is C16H26FN3. The summed E-state index contributed by atoms with van der Waals surface area (Å²) in [4.78, 5) is 4.88. The molecule has 2 N–H and O–H groups in total. The smallest absolute Gasteiger partial charge is 0.123 e. The predicted molar refractivity (Wildman–Crippen MR) is 81.1 cm³/mol. The van der Waals surface area contributed by atoms with Gasteiger partial charge in [-0.25, -0.2) is 4.39 Å². The number of hydrogen-bond acceptors (Lipinski definition) is 3. The van der Waals surface area contributed by atoms with Crippen LogP contribution >= 0.6 is 0 Å². The third-order valence-corrected chi connectivity index (χ3v) is 4.63. The molecule has 0 saturated carbocycles. The van der Waals surface area contributed by atoms with Gasteiger partial charge >= 0.3 is 0 Å². The van der Waals surface area contributed by atoms with Gasteiger partial charge in [0.2, 0.25) is 0 Å². The number of nitrogens with zero attached hydrogens (tertiary/aromatic N) is 2. The first kappa shape index (κ1) is 15.4. The van der Waals surface area contributed by atoms with Crippen LogP contribution in [0, 0.1) is 5.82 Å². The second-order valence-corrected chi connectivity index (χ2v) is 5.86. The molecule has 1 fully saturated rings. The van der Waals surface area contributed by atoms with Gasteiger partial charge in [0.25, 0.3) is 0 Å². The standard InChI is InChI=1S/C16H26FN3/c1-4-15-11-20(10-9-19(15)3)12(2)16(18)13-5-7-14(17)8-6-13/h5-8,12,15-16H,4,9-11,18H2,1-3H3. The number of nitrogens with two attached hydrogens (primary N) is 1. The molecule has 0 amide bonds. The lowest BCUT2D eigenvalue weighted by atomic mass is 9.98. The maximum atomic E-state index is 13.0. The average molecular weight is 279 g/mol. The molecule has 1 aliphatic rings. The molecule has 1 aromatic carbocycles. The Morgan fingerprint density at radius 1 is 1.30 bits per heavy atom. The highest BCUT2D eigenvalue weighted by atomic mass is 19.1. The summed E-state index contributed by atoms with van der Waals surface area (Å²) in [6.07, 6.45) is 1.16. The summed E-state index contributed by atoms with van der Waals surface area (Å²) in [5.74, 6) is -0.209. The fourth-order valence-corrected chi connectivity index (χ4v) is 2.97. The highest BCUT2D eigenvalue weighted by Crippen LogP contribution is 2.22. The SMILES string of the molecule is CCC1CN(C(C)C(N)c2ccc(F)cc2)CCN1C. The molecule has 0 aliphatic carbocycles. The van der Waals surface area contributed by atoms with E-state index in [-0.39, 0.29) is 17.9 Å². The van der Waals surface area contributed by atoms with Gasteiger partial charge in [-0.15, -0.1) is 0 Å². The molecule has 3 atom stereocenters. The number of piperazine rings is 1. The van der Waals surface area contributed by atoms with Crippen molar-refractivity contribution in [3.63, 3.8) is 0 Å². The average Bonchev–Trinajstić information content (AvgIpc) is 2.47. The van der Waals surface area contributed by atoms with Crippen LogP contribution in [0.15, 0.2) is 24.3 Å². The van der Waals surface area contributed by atoms with E-state index in [1.807, 2.05) is 0 Å². The van der Waals surface area contributed by atoms with Crippen LogP contribution in [0.2, 0.25) is 0 Å². The predicted octanol–water partition coefficient (Wildman–Crippen LogP) is 2.24. The summed E-state index contributed by atoms with van der Waals surface area (Å²) >= 11 is 0. The van der Waals surface area contributed by atoms with E-state index in [0.29, 0.717) is 6.04 Å². The molecule has 112 valence electrons. The Hall–Kier alpha value is -0.970. The maximum Gasteiger partial charge on any atom is 0.123 e. The molecule has 0 spiro atoms. The van der Waals surface area contributed by atoms with Gasteiger partial charge in [0.15, 0.2) is 0 Å². The van der Waals surface area contributed by atoms with E-state index >= 15 is 0 Å². The zero-order chi connectivity index (χ0) is 14.7. The Kier molecular flexibility index (Phi) is 5.13. The molecule has 1 aromatic rings. The Balaban J connectivity index is 2.03. The third-order valence-electron chi connectivity index (χ3n) is 4.63. The molecule has 0 radical (unpaired) electrons. The third kappa shape index (κ3) is 3.37. The second-order valence-electron chi connectivity index (χ2n) is 5.86. The summed E-state index contributed by atoms with van der Waals surface area (Å²) in [5, 5.41) is 0. The lowest BCUT2D eigenvalue weighted by molar-refractivity contribution is 0.0594. The first-order valence-electron chi connectivity index (χ1n) is 7.48. The van der Waals surface area contributed by atoms with Crippen LogP contribution in [0.4, 0.5) is 4.39 Å². The van der Waals surface area contributed by atoms with Crippen LogP contribution in [-0.4, -0.2) is 48.6 Å². The molecular weight excluding hydrogens is 253 g/mol. The van der Waals surface area contributed by atoms with Crippen LogP contribution in [0.1, 0.15) is 31.9 Å². The van der Waals surface area contributed by atoms with Gasteiger partial charge in [-0.3, -0.25) is 4.90 Å². The molecule has 4 heteroatoms. The Labute approximate surface area is 121 Å². The van der Waals surface area contributed by atoms with E-state index < -0.39 is 0 Å². The van der Waals surface area contributed by atoms with Crippen LogP contribution in [0.25, 0.3) is 0 Å². The van der Waals surface area contributed by atoms with E-state index in [4.69, 9.17) is 5.73 Å². The van der Waals surface area contributed by atoms with E-state index in [1.54, 1.807) is 12.1 Å². The van der Waals surface area contributed by atoms with Crippen molar-refractivity contribution in [1.82, 2.24) is 9.80 Å². The van der Waals surface area contributed by atoms with Gasteiger partial charge in [-0.1, -0.05) is 19.1 Å². The molecule has 3 nitrogen and oxygen atoms in total. The topological polar surface area (TPSA) is 32.5 Å². The molecule has 1 heterocycles. The molecule has 2 rings (SSSR count). The largest absolute Gasteiger partial charge is 0.323 e. The molecule has 3 unspecified atom stereocenters. The van der Waals surface area contributed by atoms with Crippen molar-refractivity contribution < 1.29 is 4.39 Å². The Morgan fingerprint density at radius 3 is 2.55 bits per heavy atom. The van der Waals surface area contributed by atoms with E-state index in [9.17, 15) is 4.39 Å². The van der Waals surface area contributed by atoms with Gasteiger partial charge < -0.3 is 10.6 Å². The molecule has 20 heavy (non-hydrogen) atoms. The van der Waals surface area contributed by atoms with Crippen LogP contribution < -0.4 is 5.73 Å². The summed E-state index contributed by atoms with van der Waals surface area (Å²) < 4.78 is 13.0. The summed E-state index contributed by atoms with van der Waals surface area (Å²) in [6.45, 7) is 7.59. The van der Waals surface area contributed by atoms with Gasteiger partial charge in [0.1, 0.15) is 5.82 Å². The van der Waals surface area contributed by atoms with Gasteiger partial charge in [0, 0.05) is 37.8 Å². The zero-order valence-electron chi connectivity index (χ0n) is 12.7. The van der Waals surface area contributed by atoms with Gasteiger partial charge in [-0.2, -0.15) is 0 Å². The quantitative estimate of drug-likeness (QED) is 0.917. The summed E-state index contributed by atoms with van der Waals surface area (Å²) in [6, 6.07) is 7.36. The molecule has 1 aliphatic heterocycles. The molecule has 0 aromatic heterocycles. The number of rotatable bonds is 4. The fourth-order valence-electron chi connectivity index (χ4n) is 2.97. The Morgan fingerprint density at radius 2 is 1.95 bits per heavy atom. The van der Waals surface area contributed by atoms with Crippen molar-refractivity contribution in [2.75, 3.05) is 26.7 Å². The number of halogens is 1. The molecule has 0 bridgehead atoms. The minimum atomic E-state index is -0.209.